The Bertz CT molecular complexity index is 171. The van der Waals surface area contributed by atoms with Crippen molar-refractivity contribution in [1.82, 2.24) is 4.90 Å². The lowest BCUT2D eigenvalue weighted by Crippen LogP contribution is -2.52. The summed E-state index contributed by atoms with van der Waals surface area (Å²) in [6, 6.07) is 1.17. The van der Waals surface area contributed by atoms with E-state index >= 15 is 0 Å². The molecule has 12 heavy (non-hydrogen) atoms. The van der Waals surface area contributed by atoms with Crippen LogP contribution in [0.2, 0.25) is 0 Å². The fourth-order valence-corrected chi connectivity index (χ4v) is 2.89. The fraction of sp³-hybridized carbons (Fsp3) is 1.00. The number of fused-ring (bicyclic) bond motifs is 1. The monoisotopic (exact) mass is 169 g/mol. The highest BCUT2D eigenvalue weighted by molar-refractivity contribution is 4.94. The van der Waals surface area contributed by atoms with Crippen molar-refractivity contribution in [2.45, 2.75) is 51.3 Å². The third-order valence-electron chi connectivity index (χ3n) is 3.67. The number of rotatable bonds is 0. The molecular formula is C10H19NO. The van der Waals surface area contributed by atoms with Gasteiger partial charge in [-0.1, -0.05) is 6.92 Å². The van der Waals surface area contributed by atoms with Gasteiger partial charge in [0.25, 0.3) is 0 Å². The van der Waals surface area contributed by atoms with E-state index in [-0.39, 0.29) is 6.10 Å². The van der Waals surface area contributed by atoms with Crippen LogP contribution in [0.5, 0.6) is 0 Å². The Morgan fingerprint density at radius 1 is 1.33 bits per heavy atom. The number of hydrogen-bond donors (Lipinski definition) is 1. The minimum Gasteiger partial charge on any atom is -0.391 e. The Morgan fingerprint density at radius 2 is 2.08 bits per heavy atom. The van der Waals surface area contributed by atoms with E-state index in [0.29, 0.717) is 12.0 Å². The first-order valence-corrected chi connectivity index (χ1v) is 5.14. The van der Waals surface area contributed by atoms with E-state index in [1.54, 1.807) is 0 Å². The molecule has 2 nitrogen and oxygen atoms in total. The van der Waals surface area contributed by atoms with E-state index < -0.39 is 0 Å². The first-order chi connectivity index (χ1) is 5.70. The van der Waals surface area contributed by atoms with Crippen LogP contribution in [0.15, 0.2) is 0 Å². The number of aliphatic hydroxyl groups is 1. The van der Waals surface area contributed by atoms with Crippen molar-refractivity contribution in [2.75, 3.05) is 6.54 Å². The maximum absolute atomic E-state index is 9.85. The van der Waals surface area contributed by atoms with E-state index in [0.717, 1.165) is 6.04 Å². The fourth-order valence-electron chi connectivity index (χ4n) is 2.89. The van der Waals surface area contributed by atoms with Gasteiger partial charge in [-0.3, -0.25) is 4.90 Å². The molecule has 4 atom stereocenters. The van der Waals surface area contributed by atoms with Crippen molar-refractivity contribution in [2.24, 2.45) is 5.92 Å². The maximum Gasteiger partial charge on any atom is 0.0718 e. The smallest absolute Gasteiger partial charge is 0.0718 e. The summed E-state index contributed by atoms with van der Waals surface area (Å²) in [4.78, 5) is 2.49. The number of nitrogens with zero attached hydrogens (tertiary/aromatic N) is 1. The highest BCUT2D eigenvalue weighted by Crippen LogP contribution is 2.33. The lowest BCUT2D eigenvalue weighted by molar-refractivity contribution is -0.0302. The van der Waals surface area contributed by atoms with Gasteiger partial charge in [0.05, 0.1) is 6.10 Å². The van der Waals surface area contributed by atoms with E-state index in [2.05, 4.69) is 18.7 Å². The van der Waals surface area contributed by atoms with Crippen LogP contribution < -0.4 is 0 Å². The zero-order chi connectivity index (χ0) is 8.72. The summed E-state index contributed by atoms with van der Waals surface area (Å²) < 4.78 is 0. The van der Waals surface area contributed by atoms with E-state index in [9.17, 15) is 5.11 Å². The van der Waals surface area contributed by atoms with Crippen LogP contribution in [-0.4, -0.2) is 34.7 Å². The summed E-state index contributed by atoms with van der Waals surface area (Å²) in [7, 11) is 0. The van der Waals surface area contributed by atoms with Gasteiger partial charge in [0, 0.05) is 12.1 Å². The Hall–Kier alpha value is -0.0800. The number of aliphatic hydroxyl groups excluding tert-OH is 1. The Labute approximate surface area is 74.6 Å². The molecule has 70 valence electrons. The summed E-state index contributed by atoms with van der Waals surface area (Å²) in [5.41, 5.74) is 0. The lowest BCUT2D eigenvalue weighted by Gasteiger charge is -2.42. The summed E-state index contributed by atoms with van der Waals surface area (Å²) in [6.07, 6.45) is 3.78. The molecule has 2 heteroatoms. The Kier molecular flexibility index (Phi) is 2.13. The SMILES string of the molecule is CC1CC2CCCN2C(C)C1O. The van der Waals surface area contributed by atoms with Gasteiger partial charge in [-0.25, -0.2) is 0 Å². The topological polar surface area (TPSA) is 23.5 Å². The van der Waals surface area contributed by atoms with Gasteiger partial charge in [0.15, 0.2) is 0 Å². The normalized spacial score (nSPS) is 49.2. The van der Waals surface area contributed by atoms with Crippen molar-refractivity contribution >= 4 is 0 Å². The zero-order valence-corrected chi connectivity index (χ0v) is 8.03. The Balaban J connectivity index is 2.10. The van der Waals surface area contributed by atoms with E-state index in [4.69, 9.17) is 0 Å². The quantitative estimate of drug-likeness (QED) is 0.590. The lowest BCUT2D eigenvalue weighted by atomic mass is 9.86. The van der Waals surface area contributed by atoms with Gasteiger partial charge >= 0.3 is 0 Å². The van der Waals surface area contributed by atoms with E-state index in [1.807, 2.05) is 0 Å². The van der Waals surface area contributed by atoms with Crippen molar-refractivity contribution < 1.29 is 5.11 Å². The predicted octanol–water partition coefficient (Wildman–Crippen LogP) is 1.24. The minimum absolute atomic E-state index is 0.0978. The van der Waals surface area contributed by atoms with Crippen LogP contribution in [0.1, 0.15) is 33.1 Å². The highest BCUT2D eigenvalue weighted by atomic mass is 16.3. The molecule has 2 rings (SSSR count). The molecule has 0 radical (unpaired) electrons. The highest BCUT2D eigenvalue weighted by Gasteiger charge is 2.39. The molecule has 0 spiro atoms. The predicted molar refractivity (Wildman–Crippen MR) is 49.0 cm³/mol. The molecule has 2 fully saturated rings. The van der Waals surface area contributed by atoms with Gasteiger partial charge in [-0.05, 0) is 38.6 Å². The van der Waals surface area contributed by atoms with Crippen LogP contribution >= 0.6 is 0 Å². The van der Waals surface area contributed by atoms with Crippen molar-refractivity contribution in [3.8, 4) is 0 Å². The largest absolute Gasteiger partial charge is 0.391 e. The molecule has 0 bridgehead atoms. The van der Waals surface area contributed by atoms with Crippen LogP contribution in [0.25, 0.3) is 0 Å². The molecule has 2 aliphatic rings. The van der Waals surface area contributed by atoms with Gasteiger partial charge in [-0.2, -0.15) is 0 Å². The van der Waals surface area contributed by atoms with Gasteiger partial charge in [-0.15, -0.1) is 0 Å². The summed E-state index contributed by atoms with van der Waals surface area (Å²) >= 11 is 0. The van der Waals surface area contributed by atoms with E-state index in [1.165, 1.54) is 25.8 Å². The average Bonchev–Trinajstić information content (AvgIpc) is 2.48. The van der Waals surface area contributed by atoms with Crippen LogP contribution in [0, 0.1) is 5.92 Å². The standard InChI is InChI=1S/C10H19NO/c1-7-6-9-4-3-5-11(9)8(2)10(7)12/h7-10,12H,3-6H2,1-2H3. The molecule has 2 aliphatic heterocycles. The first kappa shape index (κ1) is 8.52. The van der Waals surface area contributed by atoms with Gasteiger partial charge in [0.1, 0.15) is 0 Å². The average molecular weight is 169 g/mol. The second kappa shape index (κ2) is 3.00. The molecule has 0 aliphatic carbocycles. The van der Waals surface area contributed by atoms with Gasteiger partial charge < -0.3 is 5.11 Å². The molecule has 2 saturated heterocycles. The summed E-state index contributed by atoms with van der Waals surface area (Å²) in [6.45, 7) is 5.55. The second-order valence-electron chi connectivity index (χ2n) is 4.48. The Morgan fingerprint density at radius 3 is 2.83 bits per heavy atom. The molecule has 0 aromatic carbocycles. The molecular weight excluding hydrogens is 150 g/mol. The number of piperidine rings is 1. The van der Waals surface area contributed by atoms with Crippen LogP contribution in [0.3, 0.4) is 0 Å². The third-order valence-corrected chi connectivity index (χ3v) is 3.67. The molecule has 4 unspecified atom stereocenters. The number of hydrogen-bond acceptors (Lipinski definition) is 2. The third kappa shape index (κ3) is 1.17. The summed E-state index contributed by atoms with van der Waals surface area (Å²) in [5, 5.41) is 9.85. The maximum atomic E-state index is 9.85. The molecule has 1 N–H and O–H groups in total. The molecule has 0 amide bonds. The molecule has 2 heterocycles. The zero-order valence-electron chi connectivity index (χ0n) is 8.03. The van der Waals surface area contributed by atoms with Crippen molar-refractivity contribution in [3.63, 3.8) is 0 Å². The second-order valence-corrected chi connectivity index (χ2v) is 4.48. The summed E-state index contributed by atoms with van der Waals surface area (Å²) in [5.74, 6) is 0.499. The minimum atomic E-state index is -0.0978. The van der Waals surface area contributed by atoms with Crippen molar-refractivity contribution in [1.29, 1.82) is 0 Å². The first-order valence-electron chi connectivity index (χ1n) is 5.14. The van der Waals surface area contributed by atoms with Crippen LogP contribution in [0.4, 0.5) is 0 Å². The van der Waals surface area contributed by atoms with Crippen molar-refractivity contribution in [3.05, 3.63) is 0 Å². The van der Waals surface area contributed by atoms with Crippen LogP contribution in [-0.2, 0) is 0 Å². The van der Waals surface area contributed by atoms with Gasteiger partial charge in [0.2, 0.25) is 0 Å². The molecule has 0 aromatic rings. The molecule has 0 saturated carbocycles. The molecule has 0 aromatic heterocycles.